The summed E-state index contributed by atoms with van der Waals surface area (Å²) < 4.78 is 0. The van der Waals surface area contributed by atoms with E-state index in [4.69, 9.17) is 0 Å². The molecule has 0 aliphatic rings. The fourth-order valence-electron chi connectivity index (χ4n) is 2.48. The van der Waals surface area contributed by atoms with Crippen molar-refractivity contribution in [2.24, 2.45) is 0 Å². The standard InChI is InChI=1S/C21H17N3O4/c1-14-2-8-17(9-3-14)22-20(25)15-4-10-18(11-5-15)23-21(26)16-6-12-19(13-7-16)24(27)28/h2-13H,1H3,(H,22,25)(H,23,26). The van der Waals surface area contributed by atoms with E-state index >= 15 is 0 Å². The Bertz CT molecular complexity index is 1010. The van der Waals surface area contributed by atoms with Crippen molar-refractivity contribution in [2.45, 2.75) is 6.92 Å². The number of nitrogens with zero attached hydrogens (tertiary/aromatic N) is 1. The minimum absolute atomic E-state index is 0.0829. The summed E-state index contributed by atoms with van der Waals surface area (Å²) in [5.74, 6) is -0.649. The fraction of sp³-hybridized carbons (Fsp3) is 0.0476. The Morgan fingerprint density at radius 1 is 0.714 bits per heavy atom. The van der Waals surface area contributed by atoms with Crippen LogP contribution in [0, 0.1) is 17.0 Å². The number of hydrogen-bond donors (Lipinski definition) is 2. The van der Waals surface area contributed by atoms with Gasteiger partial charge in [0.15, 0.2) is 0 Å². The molecule has 0 fully saturated rings. The summed E-state index contributed by atoms with van der Waals surface area (Å²) in [7, 11) is 0. The lowest BCUT2D eigenvalue weighted by Gasteiger charge is -2.08. The van der Waals surface area contributed by atoms with Crippen LogP contribution in [-0.4, -0.2) is 16.7 Å². The highest BCUT2D eigenvalue weighted by atomic mass is 16.6. The Hall–Kier alpha value is -4.00. The van der Waals surface area contributed by atoms with Gasteiger partial charge in [-0.15, -0.1) is 0 Å². The van der Waals surface area contributed by atoms with Gasteiger partial charge in [-0.1, -0.05) is 17.7 Å². The predicted molar refractivity (Wildman–Crippen MR) is 107 cm³/mol. The van der Waals surface area contributed by atoms with Gasteiger partial charge in [-0.3, -0.25) is 19.7 Å². The van der Waals surface area contributed by atoms with Crippen LogP contribution in [0.5, 0.6) is 0 Å². The molecule has 0 unspecified atom stereocenters. The number of nitro benzene ring substituents is 1. The zero-order valence-corrected chi connectivity index (χ0v) is 15.0. The van der Waals surface area contributed by atoms with Crippen molar-refractivity contribution in [2.75, 3.05) is 10.6 Å². The number of anilines is 2. The van der Waals surface area contributed by atoms with Crippen molar-refractivity contribution in [3.63, 3.8) is 0 Å². The summed E-state index contributed by atoms with van der Waals surface area (Å²) in [5.41, 5.74) is 2.98. The second kappa shape index (κ2) is 8.13. The Kier molecular flexibility index (Phi) is 5.45. The second-order valence-electron chi connectivity index (χ2n) is 6.16. The average molecular weight is 375 g/mol. The van der Waals surface area contributed by atoms with Crippen molar-refractivity contribution < 1.29 is 14.5 Å². The quantitative estimate of drug-likeness (QED) is 0.509. The van der Waals surface area contributed by atoms with Crippen LogP contribution in [0.4, 0.5) is 17.1 Å². The van der Waals surface area contributed by atoms with Crippen LogP contribution in [0.3, 0.4) is 0 Å². The second-order valence-corrected chi connectivity index (χ2v) is 6.16. The number of rotatable bonds is 5. The highest BCUT2D eigenvalue weighted by Gasteiger charge is 2.11. The van der Waals surface area contributed by atoms with E-state index in [-0.39, 0.29) is 11.6 Å². The number of carbonyl (C=O) groups excluding carboxylic acids is 2. The molecule has 0 heterocycles. The first-order valence-electron chi connectivity index (χ1n) is 8.46. The van der Waals surface area contributed by atoms with E-state index in [2.05, 4.69) is 10.6 Å². The van der Waals surface area contributed by atoms with E-state index in [1.165, 1.54) is 24.3 Å². The van der Waals surface area contributed by atoms with Crippen molar-refractivity contribution in [1.29, 1.82) is 0 Å². The fourth-order valence-corrected chi connectivity index (χ4v) is 2.48. The van der Waals surface area contributed by atoms with E-state index in [1.807, 2.05) is 31.2 Å². The van der Waals surface area contributed by atoms with Gasteiger partial charge >= 0.3 is 0 Å². The number of amides is 2. The smallest absolute Gasteiger partial charge is 0.269 e. The van der Waals surface area contributed by atoms with Crippen LogP contribution in [0.15, 0.2) is 72.8 Å². The first-order valence-corrected chi connectivity index (χ1v) is 8.46. The van der Waals surface area contributed by atoms with Crippen LogP contribution in [0.2, 0.25) is 0 Å². The Labute approximate surface area is 161 Å². The number of benzene rings is 3. The number of non-ortho nitro benzene ring substituents is 1. The molecule has 0 aliphatic carbocycles. The van der Waals surface area contributed by atoms with E-state index in [9.17, 15) is 19.7 Å². The lowest BCUT2D eigenvalue weighted by Crippen LogP contribution is -2.13. The summed E-state index contributed by atoms with van der Waals surface area (Å²) >= 11 is 0. The van der Waals surface area contributed by atoms with Crippen LogP contribution >= 0.6 is 0 Å². The normalized spacial score (nSPS) is 10.2. The lowest BCUT2D eigenvalue weighted by molar-refractivity contribution is -0.384. The van der Waals surface area contributed by atoms with Crippen LogP contribution in [-0.2, 0) is 0 Å². The molecule has 0 aliphatic heterocycles. The summed E-state index contributed by atoms with van der Waals surface area (Å²) in [6, 6.07) is 19.2. The number of nitro groups is 1. The first kappa shape index (κ1) is 18.8. The molecule has 0 bridgehead atoms. The molecule has 0 atom stereocenters. The van der Waals surface area contributed by atoms with Gasteiger partial charge in [0.1, 0.15) is 0 Å². The van der Waals surface area contributed by atoms with Gasteiger partial charge in [-0.2, -0.15) is 0 Å². The maximum absolute atomic E-state index is 12.3. The molecular weight excluding hydrogens is 358 g/mol. The van der Waals surface area contributed by atoms with Crippen molar-refractivity contribution >= 4 is 28.9 Å². The average Bonchev–Trinajstić information content (AvgIpc) is 2.70. The Balaban J connectivity index is 1.63. The third kappa shape index (κ3) is 4.59. The van der Waals surface area contributed by atoms with Crippen molar-refractivity contribution in [1.82, 2.24) is 0 Å². The third-order valence-corrected chi connectivity index (χ3v) is 4.05. The van der Waals surface area contributed by atoms with E-state index in [0.717, 1.165) is 5.56 Å². The Morgan fingerprint density at radius 2 is 1.11 bits per heavy atom. The van der Waals surface area contributed by atoms with Crippen molar-refractivity contribution in [3.8, 4) is 0 Å². The molecule has 3 rings (SSSR count). The maximum Gasteiger partial charge on any atom is 0.269 e. The highest BCUT2D eigenvalue weighted by molar-refractivity contribution is 6.06. The number of hydrogen-bond acceptors (Lipinski definition) is 4. The largest absolute Gasteiger partial charge is 0.322 e. The maximum atomic E-state index is 12.3. The van der Waals surface area contributed by atoms with E-state index in [0.29, 0.717) is 22.5 Å². The summed E-state index contributed by atoms with van der Waals surface area (Å²) in [6.07, 6.45) is 0. The molecule has 2 N–H and O–H groups in total. The molecule has 0 radical (unpaired) electrons. The molecule has 0 saturated carbocycles. The molecule has 7 heteroatoms. The zero-order chi connectivity index (χ0) is 20.1. The van der Waals surface area contributed by atoms with Gasteiger partial charge in [-0.25, -0.2) is 0 Å². The first-order chi connectivity index (χ1) is 13.4. The SMILES string of the molecule is Cc1ccc(NC(=O)c2ccc(NC(=O)c3ccc([N+](=O)[O-])cc3)cc2)cc1. The summed E-state index contributed by atoms with van der Waals surface area (Å²) in [6.45, 7) is 1.97. The third-order valence-electron chi connectivity index (χ3n) is 4.05. The molecule has 0 saturated heterocycles. The van der Waals surface area contributed by atoms with Gasteiger partial charge < -0.3 is 10.6 Å². The Morgan fingerprint density at radius 3 is 1.54 bits per heavy atom. The molecule has 2 amide bonds. The topological polar surface area (TPSA) is 101 Å². The zero-order valence-electron chi connectivity index (χ0n) is 15.0. The minimum atomic E-state index is -0.526. The van der Waals surface area contributed by atoms with E-state index in [1.54, 1.807) is 24.3 Å². The van der Waals surface area contributed by atoms with Gasteiger partial charge in [-0.05, 0) is 55.5 Å². The molecule has 140 valence electrons. The van der Waals surface area contributed by atoms with Crippen LogP contribution < -0.4 is 10.6 Å². The van der Waals surface area contributed by atoms with Gasteiger partial charge in [0, 0.05) is 34.6 Å². The highest BCUT2D eigenvalue weighted by Crippen LogP contribution is 2.16. The summed E-state index contributed by atoms with van der Waals surface area (Å²) in [5, 5.41) is 16.2. The number of carbonyl (C=O) groups is 2. The molecule has 3 aromatic rings. The lowest BCUT2D eigenvalue weighted by atomic mass is 10.1. The molecule has 3 aromatic carbocycles. The van der Waals surface area contributed by atoms with Gasteiger partial charge in [0.25, 0.3) is 17.5 Å². The van der Waals surface area contributed by atoms with Gasteiger partial charge in [0.2, 0.25) is 0 Å². The number of aryl methyl sites for hydroxylation is 1. The number of nitrogens with one attached hydrogen (secondary N) is 2. The molecule has 0 spiro atoms. The minimum Gasteiger partial charge on any atom is -0.322 e. The monoisotopic (exact) mass is 375 g/mol. The van der Waals surface area contributed by atoms with Crippen molar-refractivity contribution in [3.05, 3.63) is 99.6 Å². The van der Waals surface area contributed by atoms with E-state index < -0.39 is 10.8 Å². The molecule has 0 aromatic heterocycles. The molecular formula is C21H17N3O4. The predicted octanol–water partition coefficient (Wildman–Crippen LogP) is 4.41. The molecule has 7 nitrogen and oxygen atoms in total. The van der Waals surface area contributed by atoms with Crippen LogP contribution in [0.25, 0.3) is 0 Å². The summed E-state index contributed by atoms with van der Waals surface area (Å²) in [4.78, 5) is 34.6. The van der Waals surface area contributed by atoms with Gasteiger partial charge in [0.05, 0.1) is 4.92 Å². The molecule has 28 heavy (non-hydrogen) atoms. The van der Waals surface area contributed by atoms with Crippen LogP contribution in [0.1, 0.15) is 26.3 Å².